The summed E-state index contributed by atoms with van der Waals surface area (Å²) in [7, 11) is 1.26. The first kappa shape index (κ1) is 10.8. The van der Waals surface area contributed by atoms with Crippen LogP contribution in [0.3, 0.4) is 0 Å². The third-order valence-electron chi connectivity index (χ3n) is 2.03. The number of ether oxygens (including phenoxy) is 2. The average Bonchev–Trinajstić information content (AvgIpc) is 2.15. The highest BCUT2D eigenvalue weighted by Crippen LogP contribution is 2.23. The molecular formula is C7H13FO5. The molecule has 0 aromatic heterocycles. The van der Waals surface area contributed by atoms with Crippen LogP contribution in [0.4, 0.5) is 4.39 Å². The minimum Gasteiger partial charge on any atom is -0.394 e. The molecule has 5 nitrogen and oxygen atoms in total. The van der Waals surface area contributed by atoms with Gasteiger partial charge >= 0.3 is 0 Å². The lowest BCUT2D eigenvalue weighted by molar-refractivity contribution is -0.283. The Hall–Kier alpha value is -0.270. The fourth-order valence-electron chi connectivity index (χ4n) is 1.24. The highest BCUT2D eigenvalue weighted by atomic mass is 19.1. The summed E-state index contributed by atoms with van der Waals surface area (Å²) in [6, 6.07) is 0. The first-order valence-electron chi connectivity index (χ1n) is 3.91. The van der Waals surface area contributed by atoms with Crippen LogP contribution in [0.15, 0.2) is 0 Å². The Balaban J connectivity index is 2.66. The molecule has 0 unspecified atom stereocenters. The second-order valence-electron chi connectivity index (χ2n) is 2.89. The zero-order valence-electron chi connectivity index (χ0n) is 7.13. The molecule has 0 aliphatic carbocycles. The zero-order valence-corrected chi connectivity index (χ0v) is 7.13. The lowest BCUT2D eigenvalue weighted by Gasteiger charge is -2.37. The molecule has 1 fully saturated rings. The molecular weight excluding hydrogens is 183 g/mol. The van der Waals surface area contributed by atoms with Gasteiger partial charge < -0.3 is 24.8 Å². The van der Waals surface area contributed by atoms with Crippen molar-refractivity contribution in [2.24, 2.45) is 0 Å². The third-order valence-corrected chi connectivity index (χ3v) is 2.03. The molecule has 6 heteroatoms. The van der Waals surface area contributed by atoms with E-state index in [4.69, 9.17) is 14.9 Å². The predicted octanol–water partition coefficient (Wildman–Crippen LogP) is -1.59. The predicted molar refractivity (Wildman–Crippen MR) is 39.7 cm³/mol. The number of hydrogen-bond donors (Lipinski definition) is 3. The van der Waals surface area contributed by atoms with Crippen molar-refractivity contribution in [2.75, 3.05) is 13.7 Å². The van der Waals surface area contributed by atoms with E-state index in [0.717, 1.165) is 0 Å². The van der Waals surface area contributed by atoms with Gasteiger partial charge in [0.15, 0.2) is 12.5 Å². The normalized spacial score (nSPS) is 46.4. The number of aliphatic hydroxyl groups excluding tert-OH is 3. The SMILES string of the molecule is CO[C@@H]1O[C@H](CO)[C@H](F)[C@H](O)[C@@H]1O. The number of alkyl halides is 1. The average molecular weight is 196 g/mol. The van der Waals surface area contributed by atoms with Gasteiger partial charge in [0.1, 0.15) is 18.3 Å². The van der Waals surface area contributed by atoms with Crippen LogP contribution in [0.2, 0.25) is 0 Å². The van der Waals surface area contributed by atoms with Gasteiger partial charge in [-0.2, -0.15) is 0 Å². The van der Waals surface area contributed by atoms with Crippen molar-refractivity contribution in [3.8, 4) is 0 Å². The Labute approximate surface area is 74.7 Å². The van der Waals surface area contributed by atoms with E-state index in [2.05, 4.69) is 4.74 Å². The molecule has 1 aliphatic heterocycles. The maximum absolute atomic E-state index is 13.1. The van der Waals surface area contributed by atoms with Gasteiger partial charge in [-0.05, 0) is 0 Å². The maximum Gasteiger partial charge on any atom is 0.186 e. The largest absolute Gasteiger partial charge is 0.394 e. The summed E-state index contributed by atoms with van der Waals surface area (Å²) in [5.74, 6) is 0. The van der Waals surface area contributed by atoms with Crippen LogP contribution in [-0.4, -0.2) is 59.8 Å². The highest BCUT2D eigenvalue weighted by Gasteiger charge is 2.44. The molecule has 1 heterocycles. The summed E-state index contributed by atoms with van der Waals surface area (Å²) in [6.45, 7) is -0.565. The van der Waals surface area contributed by atoms with Crippen LogP contribution in [0.5, 0.6) is 0 Å². The lowest BCUT2D eigenvalue weighted by atomic mass is 10.0. The van der Waals surface area contributed by atoms with Crippen molar-refractivity contribution in [1.29, 1.82) is 0 Å². The van der Waals surface area contributed by atoms with Gasteiger partial charge in [-0.15, -0.1) is 0 Å². The van der Waals surface area contributed by atoms with E-state index in [9.17, 15) is 9.50 Å². The third kappa shape index (κ3) is 1.97. The molecule has 1 aliphatic rings. The number of aliphatic hydroxyl groups is 3. The minimum absolute atomic E-state index is 0.565. The van der Waals surface area contributed by atoms with Gasteiger partial charge in [-0.25, -0.2) is 4.39 Å². The molecule has 0 radical (unpaired) electrons. The van der Waals surface area contributed by atoms with Gasteiger partial charge in [0.05, 0.1) is 6.61 Å². The molecule has 78 valence electrons. The molecule has 0 spiro atoms. The van der Waals surface area contributed by atoms with Crippen LogP contribution in [0, 0.1) is 0 Å². The topological polar surface area (TPSA) is 79.2 Å². The van der Waals surface area contributed by atoms with Crippen molar-refractivity contribution in [1.82, 2.24) is 0 Å². The summed E-state index contributed by atoms with van der Waals surface area (Å²) >= 11 is 0. The van der Waals surface area contributed by atoms with Crippen molar-refractivity contribution < 1.29 is 29.2 Å². The van der Waals surface area contributed by atoms with E-state index < -0.39 is 37.4 Å². The lowest BCUT2D eigenvalue weighted by Crippen LogP contribution is -2.57. The van der Waals surface area contributed by atoms with E-state index in [-0.39, 0.29) is 0 Å². The van der Waals surface area contributed by atoms with Crippen LogP contribution >= 0.6 is 0 Å². The fraction of sp³-hybridized carbons (Fsp3) is 1.00. The van der Waals surface area contributed by atoms with Gasteiger partial charge in [-0.3, -0.25) is 0 Å². The molecule has 5 atom stereocenters. The highest BCUT2D eigenvalue weighted by molar-refractivity contribution is 4.88. The molecule has 1 rings (SSSR count). The quantitative estimate of drug-likeness (QED) is 0.496. The standard InChI is InChI=1S/C7H13FO5/c1-12-7-6(11)5(10)4(8)3(2-9)13-7/h3-7,9-11H,2H2,1H3/t3-,4+,5+,6+,7-/m1/s1. The van der Waals surface area contributed by atoms with Crippen molar-refractivity contribution in [3.63, 3.8) is 0 Å². The Morgan fingerprint density at radius 1 is 1.38 bits per heavy atom. The van der Waals surface area contributed by atoms with Crippen molar-refractivity contribution in [3.05, 3.63) is 0 Å². The fourth-order valence-corrected chi connectivity index (χ4v) is 1.24. The summed E-state index contributed by atoms with van der Waals surface area (Å²) in [4.78, 5) is 0. The van der Waals surface area contributed by atoms with E-state index in [1.165, 1.54) is 7.11 Å². The number of halogens is 1. The first-order chi connectivity index (χ1) is 6.11. The summed E-state index contributed by atoms with van der Waals surface area (Å²) < 4.78 is 22.5. The van der Waals surface area contributed by atoms with Crippen LogP contribution in [0.25, 0.3) is 0 Å². The Kier molecular flexibility index (Phi) is 3.57. The van der Waals surface area contributed by atoms with Gasteiger partial charge in [0, 0.05) is 7.11 Å². The minimum atomic E-state index is -1.80. The summed E-state index contributed by atoms with van der Waals surface area (Å²) in [6.07, 6.45) is -7.06. The summed E-state index contributed by atoms with van der Waals surface area (Å²) in [5, 5.41) is 27.0. The van der Waals surface area contributed by atoms with E-state index in [0.29, 0.717) is 0 Å². The van der Waals surface area contributed by atoms with Gasteiger partial charge in [-0.1, -0.05) is 0 Å². The monoisotopic (exact) mass is 196 g/mol. The molecule has 1 saturated heterocycles. The van der Waals surface area contributed by atoms with Crippen molar-refractivity contribution >= 4 is 0 Å². The second kappa shape index (κ2) is 4.30. The van der Waals surface area contributed by atoms with E-state index >= 15 is 0 Å². The molecule has 13 heavy (non-hydrogen) atoms. The van der Waals surface area contributed by atoms with Gasteiger partial charge in [0.25, 0.3) is 0 Å². The molecule has 0 bridgehead atoms. The molecule has 0 aromatic carbocycles. The van der Waals surface area contributed by atoms with Crippen molar-refractivity contribution in [2.45, 2.75) is 30.8 Å². The molecule has 0 amide bonds. The van der Waals surface area contributed by atoms with Gasteiger partial charge in [0.2, 0.25) is 0 Å². The molecule has 0 aromatic rings. The van der Waals surface area contributed by atoms with E-state index in [1.54, 1.807) is 0 Å². The molecule has 0 saturated carbocycles. The maximum atomic E-state index is 13.1. The van der Waals surface area contributed by atoms with E-state index in [1.807, 2.05) is 0 Å². The first-order valence-corrected chi connectivity index (χ1v) is 3.91. The number of hydrogen-bond acceptors (Lipinski definition) is 5. The van der Waals surface area contributed by atoms with Crippen LogP contribution in [0.1, 0.15) is 0 Å². The van der Waals surface area contributed by atoms with Crippen LogP contribution < -0.4 is 0 Å². The summed E-state index contributed by atoms with van der Waals surface area (Å²) in [5.41, 5.74) is 0. The zero-order chi connectivity index (χ0) is 10.0. The number of methoxy groups -OCH3 is 1. The number of rotatable bonds is 2. The smallest absolute Gasteiger partial charge is 0.186 e. The van der Waals surface area contributed by atoms with Crippen LogP contribution in [-0.2, 0) is 9.47 Å². The Bertz CT molecular complexity index is 147. The second-order valence-corrected chi connectivity index (χ2v) is 2.89. The Morgan fingerprint density at radius 3 is 2.46 bits per heavy atom. The Morgan fingerprint density at radius 2 is 2.00 bits per heavy atom. The molecule has 3 N–H and O–H groups in total.